The fraction of sp³-hybridized carbons (Fsp3) is 0.500. The van der Waals surface area contributed by atoms with Crippen LogP contribution in [0.3, 0.4) is 0 Å². The third-order valence-electron chi connectivity index (χ3n) is 4.56. The third kappa shape index (κ3) is 3.17. The molecule has 1 aromatic rings. The van der Waals surface area contributed by atoms with Crippen molar-refractivity contribution in [1.82, 2.24) is 0 Å². The van der Waals surface area contributed by atoms with Crippen LogP contribution in [0, 0.1) is 17.8 Å². The first-order chi connectivity index (χ1) is 10.1. The highest BCUT2D eigenvalue weighted by Gasteiger charge is 2.42. The summed E-state index contributed by atoms with van der Waals surface area (Å²) >= 11 is 0. The minimum absolute atomic E-state index is 0.106. The van der Waals surface area contributed by atoms with Crippen molar-refractivity contribution >= 4 is 17.5 Å². The standard InChI is InChI=1S/C16H20N2O3/c17-15(19)9-21-13-3-1-2-12(8-13)18-16(20)14-7-10-4-5-11(14)6-10/h1-3,8,10-11,14H,4-7,9H2,(H2,17,19)(H,18,20). The number of carbonyl (C=O) groups is 2. The summed E-state index contributed by atoms with van der Waals surface area (Å²) in [6.07, 6.45) is 4.70. The van der Waals surface area contributed by atoms with E-state index in [1.54, 1.807) is 18.2 Å². The topological polar surface area (TPSA) is 81.4 Å². The predicted molar refractivity (Wildman–Crippen MR) is 78.7 cm³/mol. The molecule has 3 unspecified atom stereocenters. The largest absolute Gasteiger partial charge is 0.484 e. The molecule has 0 heterocycles. The molecule has 0 aromatic heterocycles. The second-order valence-corrected chi connectivity index (χ2v) is 6.05. The molecule has 2 saturated carbocycles. The van der Waals surface area contributed by atoms with Crippen LogP contribution < -0.4 is 15.8 Å². The van der Waals surface area contributed by atoms with E-state index in [2.05, 4.69) is 5.32 Å². The SMILES string of the molecule is NC(=O)COc1cccc(NC(=O)C2CC3CCC2C3)c1. The molecule has 0 aliphatic heterocycles. The fourth-order valence-corrected chi connectivity index (χ4v) is 3.62. The van der Waals surface area contributed by atoms with E-state index in [1.165, 1.54) is 19.3 Å². The van der Waals surface area contributed by atoms with Crippen LogP contribution in [0.4, 0.5) is 5.69 Å². The highest BCUT2D eigenvalue weighted by Crippen LogP contribution is 2.48. The van der Waals surface area contributed by atoms with E-state index >= 15 is 0 Å². The van der Waals surface area contributed by atoms with E-state index in [0.29, 0.717) is 17.4 Å². The summed E-state index contributed by atoms with van der Waals surface area (Å²) in [6, 6.07) is 7.05. The normalized spacial score (nSPS) is 26.6. The molecule has 112 valence electrons. The molecule has 3 N–H and O–H groups in total. The lowest BCUT2D eigenvalue weighted by Gasteiger charge is -2.20. The number of nitrogens with one attached hydrogen (secondary N) is 1. The maximum Gasteiger partial charge on any atom is 0.255 e. The van der Waals surface area contributed by atoms with Gasteiger partial charge in [-0.1, -0.05) is 12.5 Å². The molecule has 2 bridgehead atoms. The number of amides is 2. The summed E-state index contributed by atoms with van der Waals surface area (Å²) in [4.78, 5) is 23.1. The second kappa shape index (κ2) is 5.76. The Morgan fingerprint density at radius 3 is 2.81 bits per heavy atom. The van der Waals surface area contributed by atoms with Crippen LogP contribution in [-0.2, 0) is 9.59 Å². The minimum Gasteiger partial charge on any atom is -0.484 e. The van der Waals surface area contributed by atoms with Gasteiger partial charge in [0.1, 0.15) is 5.75 Å². The van der Waals surface area contributed by atoms with Crippen molar-refractivity contribution in [3.8, 4) is 5.75 Å². The Bertz CT molecular complexity index is 558. The van der Waals surface area contributed by atoms with Crippen molar-refractivity contribution < 1.29 is 14.3 Å². The zero-order valence-corrected chi connectivity index (χ0v) is 11.9. The molecule has 3 atom stereocenters. The average Bonchev–Trinajstić information content (AvgIpc) is 3.08. The summed E-state index contributed by atoms with van der Waals surface area (Å²) < 4.78 is 5.24. The summed E-state index contributed by atoms with van der Waals surface area (Å²) in [5.74, 6) is 1.57. The molecule has 1 aromatic carbocycles. The van der Waals surface area contributed by atoms with Crippen LogP contribution in [0.5, 0.6) is 5.75 Å². The average molecular weight is 288 g/mol. The lowest BCUT2D eigenvalue weighted by atomic mass is 9.88. The minimum atomic E-state index is -0.522. The van der Waals surface area contributed by atoms with Crippen LogP contribution >= 0.6 is 0 Å². The number of ether oxygens (including phenoxy) is 1. The number of benzene rings is 1. The van der Waals surface area contributed by atoms with Crippen LogP contribution in [0.15, 0.2) is 24.3 Å². The van der Waals surface area contributed by atoms with Gasteiger partial charge in [-0.25, -0.2) is 0 Å². The third-order valence-corrected chi connectivity index (χ3v) is 4.56. The van der Waals surface area contributed by atoms with Crippen molar-refractivity contribution in [2.45, 2.75) is 25.7 Å². The van der Waals surface area contributed by atoms with Gasteiger partial charge in [0.25, 0.3) is 5.91 Å². The summed E-state index contributed by atoms with van der Waals surface area (Å²) in [7, 11) is 0. The molecular formula is C16H20N2O3. The first-order valence-corrected chi connectivity index (χ1v) is 7.44. The number of hydrogen-bond acceptors (Lipinski definition) is 3. The molecule has 2 fully saturated rings. The van der Waals surface area contributed by atoms with Gasteiger partial charge in [0.2, 0.25) is 5.91 Å². The number of rotatable bonds is 5. The molecule has 0 spiro atoms. The monoisotopic (exact) mass is 288 g/mol. The molecule has 0 radical (unpaired) electrons. The summed E-state index contributed by atoms with van der Waals surface area (Å²) in [6.45, 7) is -0.163. The quantitative estimate of drug-likeness (QED) is 0.868. The Morgan fingerprint density at radius 1 is 1.29 bits per heavy atom. The van der Waals surface area contributed by atoms with Crippen LogP contribution in [-0.4, -0.2) is 18.4 Å². The maximum atomic E-state index is 12.4. The van der Waals surface area contributed by atoms with E-state index < -0.39 is 5.91 Å². The van der Waals surface area contributed by atoms with E-state index in [9.17, 15) is 9.59 Å². The van der Waals surface area contributed by atoms with Gasteiger partial charge in [0, 0.05) is 17.7 Å². The maximum absolute atomic E-state index is 12.4. The van der Waals surface area contributed by atoms with Gasteiger partial charge in [-0.2, -0.15) is 0 Å². The van der Waals surface area contributed by atoms with Crippen LogP contribution in [0.25, 0.3) is 0 Å². The van der Waals surface area contributed by atoms with Crippen molar-refractivity contribution in [1.29, 1.82) is 0 Å². The molecule has 0 saturated heterocycles. The zero-order valence-electron chi connectivity index (χ0n) is 11.9. The second-order valence-electron chi connectivity index (χ2n) is 6.05. The smallest absolute Gasteiger partial charge is 0.255 e. The Morgan fingerprint density at radius 2 is 2.14 bits per heavy atom. The zero-order chi connectivity index (χ0) is 14.8. The molecule has 21 heavy (non-hydrogen) atoms. The number of nitrogens with two attached hydrogens (primary N) is 1. The fourth-order valence-electron chi connectivity index (χ4n) is 3.62. The van der Waals surface area contributed by atoms with Gasteiger partial charge in [-0.15, -0.1) is 0 Å². The number of fused-ring (bicyclic) bond motifs is 2. The molecule has 5 heteroatoms. The Kier molecular flexibility index (Phi) is 3.82. The van der Waals surface area contributed by atoms with E-state index in [-0.39, 0.29) is 18.4 Å². The highest BCUT2D eigenvalue weighted by molar-refractivity contribution is 5.93. The van der Waals surface area contributed by atoms with Gasteiger partial charge >= 0.3 is 0 Å². The summed E-state index contributed by atoms with van der Waals surface area (Å²) in [5, 5.41) is 2.96. The van der Waals surface area contributed by atoms with Crippen molar-refractivity contribution in [2.24, 2.45) is 23.5 Å². The Labute approximate surface area is 123 Å². The van der Waals surface area contributed by atoms with Gasteiger partial charge in [-0.3, -0.25) is 9.59 Å². The molecular weight excluding hydrogens is 268 g/mol. The predicted octanol–water partition coefficient (Wildman–Crippen LogP) is 1.93. The molecule has 5 nitrogen and oxygen atoms in total. The number of primary amides is 1. The highest BCUT2D eigenvalue weighted by atomic mass is 16.5. The lowest BCUT2D eigenvalue weighted by Crippen LogP contribution is -2.27. The van der Waals surface area contributed by atoms with E-state index in [4.69, 9.17) is 10.5 Å². The van der Waals surface area contributed by atoms with Crippen molar-refractivity contribution in [3.05, 3.63) is 24.3 Å². The first-order valence-electron chi connectivity index (χ1n) is 7.44. The van der Waals surface area contributed by atoms with Gasteiger partial charge in [-0.05, 0) is 43.2 Å². The number of anilines is 1. The van der Waals surface area contributed by atoms with Gasteiger partial charge < -0.3 is 15.8 Å². The Hall–Kier alpha value is -2.04. The van der Waals surface area contributed by atoms with Gasteiger partial charge in [0.15, 0.2) is 6.61 Å². The lowest BCUT2D eigenvalue weighted by molar-refractivity contribution is -0.121. The first kappa shape index (κ1) is 13.9. The molecule has 3 rings (SSSR count). The molecule has 2 aliphatic carbocycles. The van der Waals surface area contributed by atoms with Crippen LogP contribution in [0.2, 0.25) is 0 Å². The number of carbonyl (C=O) groups excluding carboxylic acids is 2. The number of hydrogen-bond donors (Lipinski definition) is 2. The molecule has 2 amide bonds. The van der Waals surface area contributed by atoms with Crippen molar-refractivity contribution in [2.75, 3.05) is 11.9 Å². The van der Waals surface area contributed by atoms with E-state index in [1.807, 2.05) is 6.07 Å². The van der Waals surface area contributed by atoms with E-state index in [0.717, 1.165) is 12.3 Å². The summed E-state index contributed by atoms with van der Waals surface area (Å²) in [5.41, 5.74) is 5.74. The van der Waals surface area contributed by atoms with Crippen molar-refractivity contribution in [3.63, 3.8) is 0 Å². The Balaban J connectivity index is 1.60. The van der Waals surface area contributed by atoms with Crippen LogP contribution in [0.1, 0.15) is 25.7 Å². The van der Waals surface area contributed by atoms with Gasteiger partial charge in [0.05, 0.1) is 0 Å². The molecule has 2 aliphatic rings.